The van der Waals surface area contributed by atoms with Crippen molar-refractivity contribution in [2.24, 2.45) is 0 Å². The number of hydrogen-bond donors (Lipinski definition) is 1. The number of rotatable bonds is 2. The summed E-state index contributed by atoms with van der Waals surface area (Å²) in [7, 11) is 1.55. The lowest BCUT2D eigenvalue weighted by atomic mass is 10.0. The molecule has 0 aliphatic carbocycles. The maximum absolute atomic E-state index is 11.6. The van der Waals surface area contributed by atoms with Gasteiger partial charge in [-0.15, -0.1) is 0 Å². The highest BCUT2D eigenvalue weighted by atomic mass is 16.7. The Morgan fingerprint density at radius 2 is 2.06 bits per heavy atom. The van der Waals surface area contributed by atoms with E-state index < -0.39 is 6.29 Å². The van der Waals surface area contributed by atoms with Crippen LogP contribution in [0.4, 0.5) is 0 Å². The number of nitrogens with one attached hydrogen (secondary N) is 1. The van der Waals surface area contributed by atoms with Gasteiger partial charge in [0.1, 0.15) is 6.10 Å². The monoisotopic (exact) mass is 235 g/mol. The summed E-state index contributed by atoms with van der Waals surface area (Å²) in [5, 5.41) is 2.91. The summed E-state index contributed by atoms with van der Waals surface area (Å²) in [6, 6.07) is 9.79. The lowest BCUT2D eigenvalue weighted by Crippen LogP contribution is -2.34. The van der Waals surface area contributed by atoms with Gasteiger partial charge in [-0.05, 0) is 12.5 Å². The third kappa shape index (κ3) is 2.84. The van der Waals surface area contributed by atoms with Gasteiger partial charge in [-0.25, -0.2) is 0 Å². The van der Waals surface area contributed by atoms with Crippen molar-refractivity contribution in [3.63, 3.8) is 0 Å². The normalized spacial score (nSPS) is 29.5. The first kappa shape index (κ1) is 12.1. The van der Waals surface area contributed by atoms with Crippen molar-refractivity contribution in [1.82, 2.24) is 5.32 Å². The fraction of sp³-hybridized carbons (Fsp3) is 0.462. The molecule has 1 saturated heterocycles. The summed E-state index contributed by atoms with van der Waals surface area (Å²) < 4.78 is 11.0. The standard InChI is InChI=1S/C13H17NO3/c1-9-13(10-6-4-3-5-7-10)17-12(16-2)8-11(15)14-9/h3-7,9,12-13H,8H2,1-2H3,(H,14,15)/t9-,12+,13-/m0/s1. The van der Waals surface area contributed by atoms with Gasteiger partial charge in [0, 0.05) is 7.11 Å². The number of methoxy groups -OCH3 is 1. The Balaban J connectivity index is 2.22. The molecule has 0 radical (unpaired) electrons. The molecule has 4 nitrogen and oxygen atoms in total. The number of hydrogen-bond acceptors (Lipinski definition) is 3. The lowest BCUT2D eigenvalue weighted by molar-refractivity contribution is -0.160. The zero-order valence-electron chi connectivity index (χ0n) is 10.1. The number of amides is 1. The van der Waals surface area contributed by atoms with Gasteiger partial charge in [0.2, 0.25) is 5.91 Å². The number of ether oxygens (including phenoxy) is 2. The van der Waals surface area contributed by atoms with Crippen LogP contribution in [-0.2, 0) is 14.3 Å². The quantitative estimate of drug-likeness (QED) is 0.847. The molecule has 17 heavy (non-hydrogen) atoms. The van der Waals surface area contributed by atoms with E-state index in [1.807, 2.05) is 37.3 Å². The zero-order valence-corrected chi connectivity index (χ0v) is 10.1. The Morgan fingerprint density at radius 1 is 1.35 bits per heavy atom. The van der Waals surface area contributed by atoms with Crippen LogP contribution in [0.15, 0.2) is 30.3 Å². The molecule has 0 spiro atoms. The van der Waals surface area contributed by atoms with Crippen molar-refractivity contribution in [2.45, 2.75) is 31.8 Å². The summed E-state index contributed by atoms with van der Waals surface area (Å²) in [6.45, 7) is 1.94. The summed E-state index contributed by atoms with van der Waals surface area (Å²) in [5.74, 6) is -0.0391. The first-order chi connectivity index (χ1) is 8.20. The molecule has 1 amide bonds. The second kappa shape index (κ2) is 5.29. The highest BCUT2D eigenvalue weighted by Gasteiger charge is 2.30. The molecule has 1 N–H and O–H groups in total. The summed E-state index contributed by atoms with van der Waals surface area (Å²) in [4.78, 5) is 11.6. The van der Waals surface area contributed by atoms with E-state index in [0.29, 0.717) is 0 Å². The Hall–Kier alpha value is -1.39. The number of carbonyl (C=O) groups is 1. The van der Waals surface area contributed by atoms with Crippen LogP contribution < -0.4 is 5.32 Å². The van der Waals surface area contributed by atoms with Crippen LogP contribution in [0.25, 0.3) is 0 Å². The SMILES string of the molecule is CO[C@H]1CC(=O)N[C@@H](C)[C@@H](c2ccccc2)O1. The van der Waals surface area contributed by atoms with Crippen LogP contribution in [0.2, 0.25) is 0 Å². The van der Waals surface area contributed by atoms with Crippen LogP contribution in [0.3, 0.4) is 0 Å². The zero-order chi connectivity index (χ0) is 12.3. The first-order valence-electron chi connectivity index (χ1n) is 5.73. The maximum Gasteiger partial charge on any atom is 0.225 e. The fourth-order valence-electron chi connectivity index (χ4n) is 2.02. The Morgan fingerprint density at radius 3 is 2.71 bits per heavy atom. The molecule has 0 bridgehead atoms. The van der Waals surface area contributed by atoms with E-state index in [4.69, 9.17) is 9.47 Å². The predicted molar refractivity (Wildman–Crippen MR) is 63.3 cm³/mol. The van der Waals surface area contributed by atoms with E-state index in [9.17, 15) is 4.79 Å². The molecular formula is C13H17NO3. The average Bonchev–Trinajstić information content (AvgIpc) is 2.48. The topological polar surface area (TPSA) is 47.6 Å². The van der Waals surface area contributed by atoms with Crippen molar-refractivity contribution in [2.75, 3.05) is 7.11 Å². The fourth-order valence-corrected chi connectivity index (χ4v) is 2.02. The van der Waals surface area contributed by atoms with Crippen LogP contribution in [0.1, 0.15) is 25.0 Å². The molecule has 1 aromatic carbocycles. The minimum atomic E-state index is -0.481. The minimum absolute atomic E-state index is 0.0391. The third-order valence-corrected chi connectivity index (χ3v) is 2.88. The van der Waals surface area contributed by atoms with E-state index in [2.05, 4.69) is 5.32 Å². The molecule has 92 valence electrons. The van der Waals surface area contributed by atoms with Gasteiger partial charge in [-0.2, -0.15) is 0 Å². The average molecular weight is 235 g/mol. The molecule has 0 unspecified atom stereocenters. The van der Waals surface area contributed by atoms with E-state index in [1.165, 1.54) is 0 Å². The second-order valence-corrected chi connectivity index (χ2v) is 4.19. The number of carbonyl (C=O) groups excluding carboxylic acids is 1. The molecule has 3 atom stereocenters. The highest BCUT2D eigenvalue weighted by Crippen LogP contribution is 2.26. The largest absolute Gasteiger partial charge is 0.355 e. The minimum Gasteiger partial charge on any atom is -0.355 e. The summed E-state index contributed by atoms with van der Waals surface area (Å²) >= 11 is 0. The van der Waals surface area contributed by atoms with Gasteiger partial charge in [0.25, 0.3) is 0 Å². The van der Waals surface area contributed by atoms with Crippen LogP contribution in [-0.4, -0.2) is 25.3 Å². The molecule has 2 rings (SSSR count). The van der Waals surface area contributed by atoms with Gasteiger partial charge in [-0.3, -0.25) is 4.79 Å². The molecule has 1 aliphatic heterocycles. The maximum atomic E-state index is 11.6. The van der Waals surface area contributed by atoms with Crippen LogP contribution in [0, 0.1) is 0 Å². The molecule has 0 saturated carbocycles. The first-order valence-corrected chi connectivity index (χ1v) is 5.73. The lowest BCUT2D eigenvalue weighted by Gasteiger charge is -2.24. The van der Waals surface area contributed by atoms with E-state index in [0.717, 1.165) is 5.56 Å². The van der Waals surface area contributed by atoms with Crippen molar-refractivity contribution in [1.29, 1.82) is 0 Å². The van der Waals surface area contributed by atoms with Crippen LogP contribution >= 0.6 is 0 Å². The summed E-state index contributed by atoms with van der Waals surface area (Å²) in [5.41, 5.74) is 1.05. The third-order valence-electron chi connectivity index (χ3n) is 2.88. The van der Waals surface area contributed by atoms with Gasteiger partial charge < -0.3 is 14.8 Å². The van der Waals surface area contributed by atoms with Gasteiger partial charge in [-0.1, -0.05) is 30.3 Å². The molecule has 1 heterocycles. The van der Waals surface area contributed by atoms with Crippen molar-refractivity contribution in [3.8, 4) is 0 Å². The summed E-state index contributed by atoms with van der Waals surface area (Å²) in [6.07, 6.45) is -0.415. The molecule has 1 fully saturated rings. The van der Waals surface area contributed by atoms with E-state index >= 15 is 0 Å². The van der Waals surface area contributed by atoms with Crippen molar-refractivity contribution >= 4 is 5.91 Å². The molecule has 1 aromatic rings. The Bertz CT molecular complexity index is 380. The molecule has 4 heteroatoms. The van der Waals surface area contributed by atoms with Gasteiger partial charge in [0.05, 0.1) is 12.5 Å². The molecule has 1 aliphatic rings. The van der Waals surface area contributed by atoms with E-state index in [-0.39, 0.29) is 24.5 Å². The Kier molecular flexibility index (Phi) is 3.76. The smallest absolute Gasteiger partial charge is 0.225 e. The van der Waals surface area contributed by atoms with Crippen molar-refractivity contribution in [3.05, 3.63) is 35.9 Å². The van der Waals surface area contributed by atoms with Crippen molar-refractivity contribution < 1.29 is 14.3 Å². The Labute approximate surface area is 101 Å². The van der Waals surface area contributed by atoms with Gasteiger partial charge in [0.15, 0.2) is 6.29 Å². The van der Waals surface area contributed by atoms with Crippen LogP contribution in [0.5, 0.6) is 0 Å². The van der Waals surface area contributed by atoms with E-state index in [1.54, 1.807) is 7.11 Å². The predicted octanol–water partition coefficient (Wildman–Crippen LogP) is 1.63. The molecule has 0 aromatic heterocycles. The highest BCUT2D eigenvalue weighted by molar-refractivity contribution is 5.76. The van der Waals surface area contributed by atoms with Gasteiger partial charge >= 0.3 is 0 Å². The molecular weight excluding hydrogens is 218 g/mol. The number of benzene rings is 1. The second-order valence-electron chi connectivity index (χ2n) is 4.19.